The normalized spacial score (nSPS) is 23.9. The molecule has 0 bridgehead atoms. The number of rotatable bonds is 4. The molecule has 0 aromatic heterocycles. The maximum atomic E-state index is 9.28. The molecular formula is C14H22N2O. The minimum absolute atomic E-state index is 0.322. The first-order chi connectivity index (χ1) is 8.20. The molecule has 0 aliphatic heterocycles. The number of hydrogen-bond acceptors (Lipinski definition) is 3. The molecule has 3 heteroatoms. The van der Waals surface area contributed by atoms with Crippen LogP contribution < -0.4 is 11.1 Å². The Hall–Kier alpha value is -1.22. The molecule has 2 rings (SSSR count). The van der Waals surface area contributed by atoms with Crippen molar-refractivity contribution in [3.63, 3.8) is 0 Å². The van der Waals surface area contributed by atoms with E-state index in [0.29, 0.717) is 18.4 Å². The Morgan fingerprint density at radius 3 is 2.88 bits per heavy atom. The predicted octanol–water partition coefficient (Wildman–Crippen LogP) is 2.40. The van der Waals surface area contributed by atoms with Crippen molar-refractivity contribution < 1.29 is 5.11 Å². The third-order valence-electron chi connectivity index (χ3n) is 3.87. The average molecular weight is 234 g/mol. The first-order valence-electron chi connectivity index (χ1n) is 6.41. The van der Waals surface area contributed by atoms with E-state index in [9.17, 15) is 5.11 Å². The lowest BCUT2D eigenvalue weighted by atomic mass is 9.97. The van der Waals surface area contributed by atoms with Crippen molar-refractivity contribution in [2.24, 2.45) is 11.8 Å². The van der Waals surface area contributed by atoms with Gasteiger partial charge in [-0.2, -0.15) is 0 Å². The maximum absolute atomic E-state index is 9.28. The number of nitrogen functional groups attached to an aromatic ring is 1. The highest BCUT2D eigenvalue weighted by molar-refractivity contribution is 5.59. The summed E-state index contributed by atoms with van der Waals surface area (Å²) >= 11 is 0. The van der Waals surface area contributed by atoms with E-state index in [4.69, 9.17) is 5.73 Å². The van der Waals surface area contributed by atoms with Crippen LogP contribution in [-0.2, 0) is 0 Å². The number of aliphatic hydroxyl groups is 1. The number of nitrogens with one attached hydrogen (secondary N) is 1. The van der Waals surface area contributed by atoms with E-state index in [2.05, 4.69) is 12.2 Å². The summed E-state index contributed by atoms with van der Waals surface area (Å²) in [6.07, 6.45) is 3.63. The molecule has 1 saturated carbocycles. The number of anilines is 2. The summed E-state index contributed by atoms with van der Waals surface area (Å²) in [6.45, 7) is 3.34. The molecule has 1 aliphatic rings. The topological polar surface area (TPSA) is 58.3 Å². The van der Waals surface area contributed by atoms with Gasteiger partial charge in [-0.1, -0.05) is 12.5 Å². The van der Waals surface area contributed by atoms with Gasteiger partial charge in [0.25, 0.3) is 0 Å². The minimum atomic E-state index is 0.322. The number of aliphatic hydroxyl groups excluding tert-OH is 1. The van der Waals surface area contributed by atoms with Crippen molar-refractivity contribution >= 4 is 11.4 Å². The molecule has 1 aliphatic carbocycles. The Bertz CT molecular complexity index is 378. The third-order valence-corrected chi connectivity index (χ3v) is 3.87. The Kier molecular flexibility index (Phi) is 3.89. The smallest absolute Gasteiger partial charge is 0.0462 e. The molecule has 0 radical (unpaired) electrons. The summed E-state index contributed by atoms with van der Waals surface area (Å²) in [4.78, 5) is 0. The Morgan fingerprint density at radius 2 is 2.12 bits per heavy atom. The van der Waals surface area contributed by atoms with Crippen LogP contribution in [0.15, 0.2) is 18.2 Å². The molecule has 1 aromatic carbocycles. The molecule has 0 heterocycles. The van der Waals surface area contributed by atoms with Crippen molar-refractivity contribution in [2.75, 3.05) is 24.2 Å². The van der Waals surface area contributed by atoms with Crippen LogP contribution in [0.2, 0.25) is 0 Å². The van der Waals surface area contributed by atoms with E-state index < -0.39 is 0 Å². The lowest BCUT2D eigenvalue weighted by Gasteiger charge is -2.19. The SMILES string of the molecule is Cc1ccc(N)cc1NCC1CCCC1CO. The Balaban J connectivity index is 1.95. The second-order valence-electron chi connectivity index (χ2n) is 5.09. The molecule has 94 valence electrons. The predicted molar refractivity (Wildman–Crippen MR) is 72.0 cm³/mol. The van der Waals surface area contributed by atoms with Gasteiger partial charge in [-0.05, 0) is 49.3 Å². The highest BCUT2D eigenvalue weighted by Crippen LogP contribution is 2.31. The monoisotopic (exact) mass is 234 g/mol. The van der Waals surface area contributed by atoms with E-state index in [1.165, 1.54) is 24.8 Å². The van der Waals surface area contributed by atoms with Crippen molar-refractivity contribution in [3.8, 4) is 0 Å². The van der Waals surface area contributed by atoms with Gasteiger partial charge in [-0.25, -0.2) is 0 Å². The molecule has 17 heavy (non-hydrogen) atoms. The maximum Gasteiger partial charge on any atom is 0.0462 e. The van der Waals surface area contributed by atoms with Gasteiger partial charge in [0, 0.05) is 24.5 Å². The van der Waals surface area contributed by atoms with E-state index in [0.717, 1.165) is 17.9 Å². The van der Waals surface area contributed by atoms with Gasteiger partial charge in [0.2, 0.25) is 0 Å². The van der Waals surface area contributed by atoms with Gasteiger partial charge in [-0.3, -0.25) is 0 Å². The van der Waals surface area contributed by atoms with Gasteiger partial charge >= 0.3 is 0 Å². The van der Waals surface area contributed by atoms with Gasteiger partial charge in [0.1, 0.15) is 0 Å². The molecule has 2 atom stereocenters. The van der Waals surface area contributed by atoms with Crippen LogP contribution in [0.5, 0.6) is 0 Å². The fraction of sp³-hybridized carbons (Fsp3) is 0.571. The molecule has 2 unspecified atom stereocenters. The van der Waals surface area contributed by atoms with Crippen molar-refractivity contribution in [1.29, 1.82) is 0 Å². The van der Waals surface area contributed by atoms with Gasteiger partial charge in [-0.15, -0.1) is 0 Å². The van der Waals surface area contributed by atoms with Crippen LogP contribution in [-0.4, -0.2) is 18.3 Å². The fourth-order valence-corrected chi connectivity index (χ4v) is 2.69. The van der Waals surface area contributed by atoms with Crippen LogP contribution in [0, 0.1) is 18.8 Å². The lowest BCUT2D eigenvalue weighted by Crippen LogP contribution is -2.21. The second-order valence-corrected chi connectivity index (χ2v) is 5.09. The quantitative estimate of drug-likeness (QED) is 0.701. The molecule has 1 aromatic rings. The zero-order chi connectivity index (χ0) is 12.3. The summed E-state index contributed by atoms with van der Waals surface area (Å²) in [5.41, 5.74) is 8.92. The lowest BCUT2D eigenvalue weighted by molar-refractivity contribution is 0.199. The first kappa shape index (κ1) is 12.2. The highest BCUT2D eigenvalue weighted by atomic mass is 16.3. The van der Waals surface area contributed by atoms with Gasteiger partial charge in [0.15, 0.2) is 0 Å². The Labute approximate surface area is 103 Å². The summed E-state index contributed by atoms with van der Waals surface area (Å²) in [5, 5.41) is 12.8. The minimum Gasteiger partial charge on any atom is -0.399 e. The third kappa shape index (κ3) is 2.91. The molecule has 3 nitrogen and oxygen atoms in total. The van der Waals surface area contributed by atoms with E-state index in [1.807, 2.05) is 18.2 Å². The number of hydrogen-bond donors (Lipinski definition) is 3. The summed E-state index contributed by atoms with van der Waals surface area (Å²) in [5.74, 6) is 1.07. The van der Waals surface area contributed by atoms with Crippen LogP contribution in [0.3, 0.4) is 0 Å². The number of aryl methyl sites for hydroxylation is 1. The van der Waals surface area contributed by atoms with Crippen molar-refractivity contribution in [1.82, 2.24) is 0 Å². The van der Waals surface area contributed by atoms with Crippen LogP contribution in [0.25, 0.3) is 0 Å². The molecule has 0 spiro atoms. The van der Waals surface area contributed by atoms with E-state index in [-0.39, 0.29) is 0 Å². The van der Waals surface area contributed by atoms with Crippen LogP contribution in [0.1, 0.15) is 24.8 Å². The van der Waals surface area contributed by atoms with Crippen molar-refractivity contribution in [2.45, 2.75) is 26.2 Å². The van der Waals surface area contributed by atoms with E-state index in [1.54, 1.807) is 0 Å². The van der Waals surface area contributed by atoms with E-state index >= 15 is 0 Å². The molecule has 0 saturated heterocycles. The highest BCUT2D eigenvalue weighted by Gasteiger charge is 2.26. The van der Waals surface area contributed by atoms with Gasteiger partial charge < -0.3 is 16.2 Å². The zero-order valence-electron chi connectivity index (χ0n) is 10.4. The average Bonchev–Trinajstić information content (AvgIpc) is 2.77. The second kappa shape index (κ2) is 5.41. The first-order valence-corrected chi connectivity index (χ1v) is 6.41. The number of nitrogens with two attached hydrogens (primary N) is 1. The molecule has 0 amide bonds. The summed E-state index contributed by atoms with van der Waals surface area (Å²) in [6, 6.07) is 5.95. The van der Waals surface area contributed by atoms with Crippen LogP contribution >= 0.6 is 0 Å². The largest absolute Gasteiger partial charge is 0.399 e. The molecule has 1 fully saturated rings. The fourth-order valence-electron chi connectivity index (χ4n) is 2.69. The standard InChI is InChI=1S/C14H22N2O/c1-10-5-6-13(15)7-14(10)16-8-11-3-2-4-12(11)9-17/h5-7,11-12,16-17H,2-4,8-9,15H2,1H3. The molecular weight excluding hydrogens is 212 g/mol. The molecule has 4 N–H and O–H groups in total. The zero-order valence-corrected chi connectivity index (χ0v) is 10.4. The number of benzene rings is 1. The Morgan fingerprint density at radius 1 is 1.35 bits per heavy atom. The summed E-state index contributed by atoms with van der Waals surface area (Å²) in [7, 11) is 0. The van der Waals surface area contributed by atoms with Gasteiger partial charge in [0.05, 0.1) is 0 Å². The summed E-state index contributed by atoms with van der Waals surface area (Å²) < 4.78 is 0. The van der Waals surface area contributed by atoms with Crippen molar-refractivity contribution in [3.05, 3.63) is 23.8 Å². The van der Waals surface area contributed by atoms with Crippen LogP contribution in [0.4, 0.5) is 11.4 Å².